The van der Waals surface area contributed by atoms with E-state index >= 15 is 0 Å². The third-order valence-electron chi connectivity index (χ3n) is 7.09. The zero-order valence-electron chi connectivity index (χ0n) is 20.4. The molecule has 3 aliphatic rings. The van der Waals surface area contributed by atoms with E-state index in [1.807, 2.05) is 35.9 Å². The van der Waals surface area contributed by atoms with Crippen molar-refractivity contribution in [3.05, 3.63) is 83.9 Å². The van der Waals surface area contributed by atoms with Gasteiger partial charge in [0.25, 0.3) is 0 Å². The van der Waals surface area contributed by atoms with E-state index < -0.39 is 0 Å². The minimum Gasteiger partial charge on any atom is -0.358 e. The summed E-state index contributed by atoms with van der Waals surface area (Å²) in [4.78, 5) is 7.43. The molecule has 3 aromatic heterocycles. The summed E-state index contributed by atoms with van der Waals surface area (Å²) in [6, 6.07) is 19.3. The van der Waals surface area contributed by atoms with Crippen molar-refractivity contribution in [1.29, 1.82) is 0 Å². The van der Waals surface area contributed by atoms with Crippen molar-refractivity contribution in [1.82, 2.24) is 29.4 Å². The summed E-state index contributed by atoms with van der Waals surface area (Å²) in [5, 5.41) is 16.6. The Balaban J connectivity index is 1.47. The molecule has 0 radical (unpaired) electrons. The van der Waals surface area contributed by atoms with E-state index in [-0.39, 0.29) is 0 Å². The van der Waals surface area contributed by atoms with Crippen molar-refractivity contribution >= 4 is 28.1 Å². The quantitative estimate of drug-likeness (QED) is 0.335. The highest BCUT2D eigenvalue weighted by atomic mass is 15.3. The fourth-order valence-corrected chi connectivity index (χ4v) is 5.30. The summed E-state index contributed by atoms with van der Waals surface area (Å²) in [7, 11) is 6.10. The van der Waals surface area contributed by atoms with Crippen LogP contribution in [0.3, 0.4) is 0 Å². The number of aromatic nitrogens is 5. The minimum absolute atomic E-state index is 0.755. The molecule has 2 N–H and O–H groups in total. The van der Waals surface area contributed by atoms with Crippen LogP contribution >= 0.6 is 0 Å². The Kier molecular flexibility index (Phi) is 4.52. The molecule has 0 atom stereocenters. The number of fused-ring (bicyclic) bond motifs is 3. The number of hydrogen-bond donors (Lipinski definition) is 2. The highest BCUT2D eigenvalue weighted by Gasteiger charge is 2.22. The molecule has 2 aromatic carbocycles. The van der Waals surface area contributed by atoms with Gasteiger partial charge in [0.15, 0.2) is 0 Å². The van der Waals surface area contributed by atoms with Gasteiger partial charge in [0.05, 0.1) is 40.2 Å². The summed E-state index contributed by atoms with van der Waals surface area (Å²) >= 11 is 0. The first-order valence-corrected chi connectivity index (χ1v) is 12.0. The lowest BCUT2D eigenvalue weighted by Crippen LogP contribution is -2.19. The van der Waals surface area contributed by atoms with Crippen LogP contribution < -0.4 is 10.6 Å². The molecular weight excluding hydrogens is 448 g/mol. The Labute approximate surface area is 208 Å². The van der Waals surface area contributed by atoms with Crippen LogP contribution in [-0.2, 0) is 27.2 Å². The average Bonchev–Trinajstić information content (AvgIpc) is 3.42. The van der Waals surface area contributed by atoms with Gasteiger partial charge in [-0.25, -0.2) is 4.98 Å². The van der Waals surface area contributed by atoms with Gasteiger partial charge in [0.2, 0.25) is 0 Å². The largest absolute Gasteiger partial charge is 0.358 e. The number of rotatable bonds is 0. The maximum absolute atomic E-state index is 5.11. The SMILES string of the molecule is CN1Cc2cccc(c2)-c2cccc3c2NC=C(N3)c2nn(C)c3ccc(nc23)-c2cnn(C)c2C1. The molecule has 8 nitrogen and oxygen atoms in total. The van der Waals surface area contributed by atoms with E-state index in [0.717, 1.165) is 69.4 Å². The van der Waals surface area contributed by atoms with Crippen LogP contribution in [0.2, 0.25) is 0 Å². The topological polar surface area (TPSA) is 75.8 Å². The maximum atomic E-state index is 5.11. The lowest BCUT2D eigenvalue weighted by molar-refractivity contribution is 0.310. The first-order valence-electron chi connectivity index (χ1n) is 12.0. The molecule has 36 heavy (non-hydrogen) atoms. The van der Waals surface area contributed by atoms with E-state index in [4.69, 9.17) is 10.1 Å². The van der Waals surface area contributed by atoms with Gasteiger partial charge in [-0.1, -0.05) is 30.3 Å². The van der Waals surface area contributed by atoms with Crippen molar-refractivity contribution in [2.45, 2.75) is 13.1 Å². The molecule has 3 aliphatic heterocycles. The second kappa shape index (κ2) is 7.79. The van der Waals surface area contributed by atoms with E-state index in [1.165, 1.54) is 11.1 Å². The number of nitrogens with one attached hydrogen (secondary N) is 2. The van der Waals surface area contributed by atoms with Crippen molar-refractivity contribution in [3.8, 4) is 22.4 Å². The molecule has 6 heterocycles. The highest BCUT2D eigenvalue weighted by molar-refractivity contribution is 5.99. The third-order valence-corrected chi connectivity index (χ3v) is 7.09. The standard InChI is InChI=1S/C28H26N8/c1-34-15-17-6-4-7-18(12-17)19-8-5-9-22-26(19)29-14-23(31-22)27-28-24(36(3)33-27)11-10-21(32-28)20-13-30-35(2)25(20)16-34/h4-14,29,31H,15-16H2,1-3H3. The molecule has 0 saturated heterocycles. The monoisotopic (exact) mass is 474 g/mol. The molecule has 8 rings (SSSR count). The van der Waals surface area contributed by atoms with Gasteiger partial charge in [-0.05, 0) is 42.4 Å². The molecule has 0 saturated carbocycles. The van der Waals surface area contributed by atoms with Crippen LogP contribution in [0.1, 0.15) is 17.0 Å². The normalized spacial score (nSPS) is 14.8. The van der Waals surface area contributed by atoms with Crippen molar-refractivity contribution in [3.63, 3.8) is 0 Å². The van der Waals surface area contributed by atoms with Crippen LogP contribution in [0, 0.1) is 0 Å². The third kappa shape index (κ3) is 3.22. The molecule has 178 valence electrons. The first-order chi connectivity index (χ1) is 17.5. The Morgan fingerprint density at radius 3 is 2.69 bits per heavy atom. The Morgan fingerprint density at radius 1 is 0.889 bits per heavy atom. The molecule has 8 heteroatoms. The molecule has 0 aliphatic carbocycles. The molecule has 0 unspecified atom stereocenters. The summed E-state index contributed by atoms with van der Waals surface area (Å²) in [6.07, 6.45) is 3.91. The zero-order valence-corrected chi connectivity index (χ0v) is 20.4. The highest BCUT2D eigenvalue weighted by Crippen LogP contribution is 2.40. The zero-order chi connectivity index (χ0) is 24.4. The Morgan fingerprint density at radius 2 is 1.78 bits per heavy atom. The van der Waals surface area contributed by atoms with Crippen molar-refractivity contribution in [2.24, 2.45) is 14.1 Å². The van der Waals surface area contributed by atoms with E-state index in [2.05, 4.69) is 82.3 Å². The molecule has 0 spiro atoms. The maximum Gasteiger partial charge on any atom is 0.136 e. The van der Waals surface area contributed by atoms with Crippen LogP contribution in [0.5, 0.6) is 0 Å². The first kappa shape index (κ1) is 20.9. The second-order valence-electron chi connectivity index (χ2n) is 9.59. The number of para-hydroxylation sites is 1. The van der Waals surface area contributed by atoms with Gasteiger partial charge in [-0.15, -0.1) is 0 Å². The van der Waals surface area contributed by atoms with Gasteiger partial charge in [0, 0.05) is 44.5 Å². The average molecular weight is 475 g/mol. The fourth-order valence-electron chi connectivity index (χ4n) is 5.30. The Bertz CT molecular complexity index is 1690. The predicted octanol–water partition coefficient (Wildman–Crippen LogP) is 4.82. The van der Waals surface area contributed by atoms with Gasteiger partial charge in [0.1, 0.15) is 11.2 Å². The molecule has 0 amide bonds. The number of benzene rings is 2. The second-order valence-corrected chi connectivity index (χ2v) is 9.59. The number of hydrogen-bond acceptors (Lipinski definition) is 6. The molecule has 8 bridgehead atoms. The van der Waals surface area contributed by atoms with Crippen LogP contribution in [-0.4, -0.2) is 36.5 Å². The van der Waals surface area contributed by atoms with Gasteiger partial charge < -0.3 is 10.6 Å². The molecule has 5 aromatic rings. The number of aryl methyl sites for hydroxylation is 2. The van der Waals surface area contributed by atoms with E-state index in [9.17, 15) is 0 Å². The minimum atomic E-state index is 0.755. The van der Waals surface area contributed by atoms with E-state index in [0.29, 0.717) is 0 Å². The van der Waals surface area contributed by atoms with Crippen LogP contribution in [0.4, 0.5) is 11.4 Å². The smallest absolute Gasteiger partial charge is 0.136 e. The fraction of sp³-hybridized carbons (Fsp3) is 0.179. The van der Waals surface area contributed by atoms with Gasteiger partial charge in [-0.3, -0.25) is 14.3 Å². The number of nitrogens with zero attached hydrogens (tertiary/aromatic N) is 6. The van der Waals surface area contributed by atoms with Crippen molar-refractivity contribution in [2.75, 3.05) is 17.7 Å². The van der Waals surface area contributed by atoms with Crippen LogP contribution in [0.15, 0.2) is 67.0 Å². The lowest BCUT2D eigenvalue weighted by Gasteiger charge is -2.23. The lowest BCUT2D eigenvalue weighted by atomic mass is 9.99. The predicted molar refractivity (Wildman–Crippen MR) is 143 cm³/mol. The van der Waals surface area contributed by atoms with Gasteiger partial charge in [-0.2, -0.15) is 10.2 Å². The number of pyridine rings is 1. The van der Waals surface area contributed by atoms with Gasteiger partial charge >= 0.3 is 0 Å². The van der Waals surface area contributed by atoms with E-state index in [1.54, 1.807) is 0 Å². The molecule has 0 fully saturated rings. The number of anilines is 2. The summed E-state index contributed by atoms with van der Waals surface area (Å²) < 4.78 is 3.84. The summed E-state index contributed by atoms with van der Waals surface area (Å²) in [5.74, 6) is 0. The van der Waals surface area contributed by atoms with Crippen molar-refractivity contribution < 1.29 is 0 Å². The molecular formula is C28H26N8. The van der Waals surface area contributed by atoms with Crippen LogP contribution in [0.25, 0.3) is 39.1 Å². The Hall–Kier alpha value is -4.43. The summed E-state index contributed by atoms with van der Waals surface area (Å²) in [6.45, 7) is 1.58. The summed E-state index contributed by atoms with van der Waals surface area (Å²) in [5.41, 5.74) is 12.3.